The zero-order chi connectivity index (χ0) is 22.7. The summed E-state index contributed by atoms with van der Waals surface area (Å²) in [6, 6.07) is 13.0. The van der Waals surface area contributed by atoms with E-state index in [0.29, 0.717) is 10.8 Å². The Morgan fingerprint density at radius 2 is 1.60 bits per heavy atom. The molecule has 0 aliphatic rings. The van der Waals surface area contributed by atoms with Crippen LogP contribution in [0.4, 0.5) is 5.69 Å². The molecule has 0 atom stereocenters. The second-order valence-electron chi connectivity index (χ2n) is 6.04. The predicted molar refractivity (Wildman–Crippen MR) is 108 cm³/mol. The van der Waals surface area contributed by atoms with Crippen molar-refractivity contribution >= 4 is 51.0 Å². The minimum atomic E-state index is -5.25. The van der Waals surface area contributed by atoms with E-state index in [9.17, 15) is 27.2 Å². The third kappa shape index (κ3) is 5.85. The molecule has 3 aromatic rings. The summed E-state index contributed by atoms with van der Waals surface area (Å²) in [6.07, 6.45) is 0. The maximum absolute atomic E-state index is 11.1. The second-order valence-corrected chi connectivity index (χ2v) is 10.7. The van der Waals surface area contributed by atoms with E-state index < -0.39 is 40.3 Å². The van der Waals surface area contributed by atoms with Gasteiger partial charge < -0.3 is 5.11 Å². The van der Waals surface area contributed by atoms with Crippen molar-refractivity contribution in [3.63, 3.8) is 0 Å². The Balaban J connectivity index is 0.000000214. The van der Waals surface area contributed by atoms with Gasteiger partial charge in [0.25, 0.3) is 10.1 Å². The van der Waals surface area contributed by atoms with Gasteiger partial charge in [-0.05, 0) is 11.5 Å². The van der Waals surface area contributed by atoms with Crippen LogP contribution in [0.15, 0.2) is 59.5 Å². The van der Waals surface area contributed by atoms with Crippen LogP contribution in [0.3, 0.4) is 0 Å². The predicted octanol–water partition coefficient (Wildman–Crippen LogP) is 0.704. The molecule has 6 N–H and O–H groups in total. The number of hydrogen-bond donors (Lipinski definition) is 6. The molecule has 0 unspecified atom stereocenters. The summed E-state index contributed by atoms with van der Waals surface area (Å²) in [7, 11) is -4.28. The van der Waals surface area contributed by atoms with E-state index in [4.69, 9.17) is 12.7 Å². The fourth-order valence-corrected chi connectivity index (χ4v) is 4.79. The largest absolute Gasteiger partial charge is 0.507 e. The first kappa shape index (κ1) is 23.5. The van der Waals surface area contributed by atoms with E-state index in [1.54, 1.807) is 24.3 Å². The molecule has 3 rings (SSSR count). The summed E-state index contributed by atoms with van der Waals surface area (Å²) in [4.78, 5) is 10.5. The van der Waals surface area contributed by atoms with Crippen LogP contribution in [-0.4, -0.2) is 51.5 Å². The van der Waals surface area contributed by atoms with Crippen molar-refractivity contribution < 1.29 is 39.9 Å². The zero-order valence-electron chi connectivity index (χ0n) is 15.4. The third-order valence-corrected chi connectivity index (χ3v) is 6.77. The average molecular weight is 499 g/mol. The minimum absolute atomic E-state index is 0.0602. The Hall–Kier alpha value is -2.82. The molecule has 0 spiro atoms. The molecular formula is C18H18AsNO9S. The van der Waals surface area contributed by atoms with E-state index in [0.717, 1.165) is 12.1 Å². The number of benzene rings is 3. The van der Waals surface area contributed by atoms with Gasteiger partial charge in [0.2, 0.25) is 0 Å². The molecule has 160 valence electrons. The number of phenolic OH excluding ortho intramolecular Hbond substituents is 2. The topological polar surface area (TPSA) is 181 Å². The summed E-state index contributed by atoms with van der Waals surface area (Å²) >= 11 is -5.25. The standard InChI is InChI=1S/C10H8O4S.C8H10AsNO5/c11-10-6-8(15(12,13)14)5-7-3-1-2-4-9(7)10;1-5(11)10-6-3-2-4-7(12)8(6)9(13,14)15/h1-6,11H,(H,12,13,14);2-4,12H,1H3,(H,10,11)(H2,13,14,15). The van der Waals surface area contributed by atoms with Crippen LogP contribution < -0.4 is 9.67 Å². The normalized spacial score (nSPS) is 11.5. The first-order valence-electron chi connectivity index (χ1n) is 8.15. The minimum Gasteiger partial charge on any atom is -0.507 e. The molecule has 3 aromatic carbocycles. The molecule has 12 heteroatoms. The summed E-state index contributed by atoms with van der Waals surface area (Å²) in [5, 5.41) is 22.2. The summed E-state index contributed by atoms with van der Waals surface area (Å²) in [5.74, 6) is -1.15. The number of aromatic hydroxyl groups is 2. The van der Waals surface area contributed by atoms with Crippen LogP contribution in [-0.2, 0) is 18.7 Å². The zero-order valence-corrected chi connectivity index (χ0v) is 18.1. The van der Waals surface area contributed by atoms with Gasteiger partial charge in [-0.2, -0.15) is 8.42 Å². The van der Waals surface area contributed by atoms with Gasteiger partial charge in [-0.15, -0.1) is 0 Å². The number of fused-ring (bicyclic) bond motifs is 1. The van der Waals surface area contributed by atoms with Crippen molar-refractivity contribution in [1.82, 2.24) is 0 Å². The number of carbonyl (C=O) groups excluding carboxylic acids is 1. The number of anilines is 1. The van der Waals surface area contributed by atoms with Crippen molar-refractivity contribution in [2.45, 2.75) is 11.8 Å². The molecule has 0 fully saturated rings. The van der Waals surface area contributed by atoms with Crippen LogP contribution in [0, 0.1) is 0 Å². The first-order chi connectivity index (χ1) is 13.8. The van der Waals surface area contributed by atoms with Gasteiger partial charge in [0.1, 0.15) is 5.75 Å². The molecule has 0 saturated heterocycles. The van der Waals surface area contributed by atoms with Crippen molar-refractivity contribution in [2.24, 2.45) is 0 Å². The van der Waals surface area contributed by atoms with Gasteiger partial charge >= 0.3 is 88.1 Å². The summed E-state index contributed by atoms with van der Waals surface area (Å²) in [5.41, 5.74) is -0.0602. The first-order valence-corrected chi connectivity index (χ1v) is 13.0. The van der Waals surface area contributed by atoms with Crippen LogP contribution in [0.25, 0.3) is 10.8 Å². The molecular weight excluding hydrogens is 481 g/mol. The quantitative estimate of drug-likeness (QED) is 0.223. The van der Waals surface area contributed by atoms with Crippen molar-refractivity contribution in [3.05, 3.63) is 54.6 Å². The number of nitrogens with one attached hydrogen (secondary N) is 1. The van der Waals surface area contributed by atoms with E-state index in [-0.39, 0.29) is 16.3 Å². The Bertz CT molecular complexity index is 1250. The molecule has 0 bridgehead atoms. The molecule has 0 saturated carbocycles. The fourth-order valence-electron chi connectivity index (χ4n) is 2.54. The molecule has 0 heterocycles. The molecule has 0 aliphatic heterocycles. The SMILES string of the molecule is CC(=O)Nc1cccc(O)c1[As](=O)(O)O.O=S(=O)(O)c1cc(O)c2ccccc2c1. The van der Waals surface area contributed by atoms with Gasteiger partial charge in [0.15, 0.2) is 0 Å². The number of phenols is 2. The average Bonchev–Trinajstić information content (AvgIpc) is 2.60. The number of carbonyl (C=O) groups is 1. The maximum Gasteiger partial charge on any atom is 0.294 e. The monoisotopic (exact) mass is 499 g/mol. The maximum atomic E-state index is 11.1. The van der Waals surface area contributed by atoms with E-state index >= 15 is 0 Å². The number of rotatable bonds is 3. The molecule has 0 radical (unpaired) electrons. The number of hydrogen-bond acceptors (Lipinski definition) is 6. The Morgan fingerprint density at radius 3 is 2.17 bits per heavy atom. The van der Waals surface area contributed by atoms with Crippen molar-refractivity contribution in [2.75, 3.05) is 5.32 Å². The Labute approximate surface area is 174 Å². The molecule has 0 aliphatic carbocycles. The van der Waals surface area contributed by atoms with Crippen LogP contribution in [0.2, 0.25) is 0 Å². The van der Waals surface area contributed by atoms with Gasteiger partial charge in [-0.3, -0.25) is 4.55 Å². The fraction of sp³-hybridized carbons (Fsp3) is 0.0556. The van der Waals surface area contributed by atoms with Crippen molar-refractivity contribution in [1.29, 1.82) is 0 Å². The Kier molecular flexibility index (Phi) is 6.96. The van der Waals surface area contributed by atoms with Gasteiger partial charge in [0, 0.05) is 11.5 Å². The van der Waals surface area contributed by atoms with Crippen LogP contribution in [0.5, 0.6) is 11.5 Å². The van der Waals surface area contributed by atoms with Gasteiger partial charge in [-0.25, -0.2) is 0 Å². The van der Waals surface area contributed by atoms with Crippen LogP contribution >= 0.6 is 0 Å². The summed E-state index contributed by atoms with van der Waals surface area (Å²) < 4.78 is 59.2. The summed E-state index contributed by atoms with van der Waals surface area (Å²) in [6.45, 7) is 1.21. The molecule has 30 heavy (non-hydrogen) atoms. The molecule has 1 amide bonds. The van der Waals surface area contributed by atoms with E-state index in [1.807, 2.05) is 0 Å². The van der Waals surface area contributed by atoms with E-state index in [2.05, 4.69) is 5.32 Å². The molecule has 0 aromatic heterocycles. The smallest absolute Gasteiger partial charge is 0.294 e. The Morgan fingerprint density at radius 1 is 0.967 bits per heavy atom. The third-order valence-electron chi connectivity index (χ3n) is 3.73. The van der Waals surface area contributed by atoms with Crippen LogP contribution in [0.1, 0.15) is 6.92 Å². The van der Waals surface area contributed by atoms with E-state index in [1.165, 1.54) is 25.1 Å². The molecule has 10 nitrogen and oxygen atoms in total. The second kappa shape index (κ2) is 8.90. The van der Waals surface area contributed by atoms with Gasteiger partial charge in [-0.1, -0.05) is 24.3 Å². The van der Waals surface area contributed by atoms with Crippen molar-refractivity contribution in [3.8, 4) is 11.5 Å². The van der Waals surface area contributed by atoms with Gasteiger partial charge in [0.05, 0.1) is 4.90 Å². The number of amides is 1.